The van der Waals surface area contributed by atoms with Gasteiger partial charge in [0.25, 0.3) is 0 Å². The van der Waals surface area contributed by atoms with E-state index in [0.29, 0.717) is 6.04 Å². The summed E-state index contributed by atoms with van der Waals surface area (Å²) in [7, 11) is 0. The molecule has 0 radical (unpaired) electrons. The number of piperazine rings is 1. The van der Waals surface area contributed by atoms with Crippen LogP contribution in [0.5, 0.6) is 0 Å². The van der Waals surface area contributed by atoms with Crippen LogP contribution in [0.3, 0.4) is 0 Å². The SMILES string of the molecule is Cc1ccc(CN2CCN(c3ccc(C)cc3)C(C)C2)cc1. The van der Waals surface area contributed by atoms with Crippen LogP contribution in [0, 0.1) is 13.8 Å². The number of anilines is 1. The van der Waals surface area contributed by atoms with Gasteiger partial charge in [-0.2, -0.15) is 0 Å². The molecular weight excluding hydrogens is 268 g/mol. The standard InChI is InChI=1S/C20H26N2/c1-16-4-8-19(9-5-16)15-21-12-13-22(18(3)14-21)20-10-6-17(2)7-11-20/h4-11,18H,12-15H2,1-3H3. The predicted molar refractivity (Wildman–Crippen MR) is 94.4 cm³/mol. The molecular formula is C20H26N2. The van der Waals surface area contributed by atoms with Crippen LogP contribution in [0.15, 0.2) is 48.5 Å². The van der Waals surface area contributed by atoms with Crippen molar-refractivity contribution in [3.63, 3.8) is 0 Å². The van der Waals surface area contributed by atoms with Crippen molar-refractivity contribution >= 4 is 5.69 Å². The molecule has 1 heterocycles. The van der Waals surface area contributed by atoms with Crippen LogP contribution in [0.25, 0.3) is 0 Å². The number of benzene rings is 2. The van der Waals surface area contributed by atoms with Crippen molar-refractivity contribution in [3.05, 3.63) is 65.2 Å². The van der Waals surface area contributed by atoms with Gasteiger partial charge >= 0.3 is 0 Å². The fourth-order valence-corrected chi connectivity index (χ4v) is 3.25. The summed E-state index contributed by atoms with van der Waals surface area (Å²) in [5, 5.41) is 0. The highest BCUT2D eigenvalue weighted by molar-refractivity contribution is 5.49. The van der Waals surface area contributed by atoms with Crippen molar-refractivity contribution in [3.8, 4) is 0 Å². The van der Waals surface area contributed by atoms with E-state index in [9.17, 15) is 0 Å². The topological polar surface area (TPSA) is 6.48 Å². The molecule has 1 unspecified atom stereocenters. The van der Waals surface area contributed by atoms with E-state index < -0.39 is 0 Å². The number of aryl methyl sites for hydroxylation is 2. The first kappa shape index (κ1) is 15.1. The summed E-state index contributed by atoms with van der Waals surface area (Å²) < 4.78 is 0. The Morgan fingerprint density at radius 2 is 1.45 bits per heavy atom. The highest BCUT2D eigenvalue weighted by Gasteiger charge is 2.23. The van der Waals surface area contributed by atoms with Gasteiger partial charge in [0.1, 0.15) is 0 Å². The van der Waals surface area contributed by atoms with Crippen molar-refractivity contribution in [1.29, 1.82) is 0 Å². The van der Waals surface area contributed by atoms with E-state index in [0.717, 1.165) is 26.2 Å². The maximum absolute atomic E-state index is 2.57. The maximum Gasteiger partial charge on any atom is 0.0389 e. The van der Waals surface area contributed by atoms with Gasteiger partial charge in [0.05, 0.1) is 0 Å². The molecule has 3 rings (SSSR count). The predicted octanol–water partition coefficient (Wildman–Crippen LogP) is 4.01. The molecule has 0 N–H and O–H groups in total. The van der Waals surface area contributed by atoms with Crippen LogP contribution < -0.4 is 4.90 Å². The molecule has 1 atom stereocenters. The molecule has 1 saturated heterocycles. The highest BCUT2D eigenvalue weighted by atomic mass is 15.3. The van der Waals surface area contributed by atoms with E-state index >= 15 is 0 Å². The molecule has 2 heteroatoms. The summed E-state index contributed by atoms with van der Waals surface area (Å²) in [5.41, 5.74) is 5.44. The van der Waals surface area contributed by atoms with Gasteiger partial charge in [-0.05, 0) is 38.5 Å². The second-order valence-electron chi connectivity index (χ2n) is 6.60. The van der Waals surface area contributed by atoms with E-state index in [1.807, 2.05) is 0 Å². The number of rotatable bonds is 3. The van der Waals surface area contributed by atoms with Gasteiger partial charge in [0, 0.05) is 37.9 Å². The molecule has 0 aromatic heterocycles. The molecule has 0 aliphatic carbocycles. The van der Waals surface area contributed by atoms with Gasteiger partial charge in [0.15, 0.2) is 0 Å². The number of hydrogen-bond donors (Lipinski definition) is 0. The third-order valence-corrected chi connectivity index (χ3v) is 4.60. The van der Waals surface area contributed by atoms with E-state index in [2.05, 4.69) is 79.1 Å². The Balaban J connectivity index is 1.62. The number of hydrogen-bond acceptors (Lipinski definition) is 2. The quantitative estimate of drug-likeness (QED) is 0.844. The molecule has 0 amide bonds. The van der Waals surface area contributed by atoms with Gasteiger partial charge in [-0.25, -0.2) is 0 Å². The Bertz CT molecular complexity index is 601. The first-order valence-electron chi connectivity index (χ1n) is 8.23. The van der Waals surface area contributed by atoms with Crippen molar-refractivity contribution < 1.29 is 0 Å². The zero-order valence-corrected chi connectivity index (χ0v) is 13.9. The summed E-state index contributed by atoms with van der Waals surface area (Å²) in [6.07, 6.45) is 0. The van der Waals surface area contributed by atoms with Crippen LogP contribution in [0.2, 0.25) is 0 Å². The zero-order chi connectivity index (χ0) is 15.5. The van der Waals surface area contributed by atoms with Gasteiger partial charge in [-0.3, -0.25) is 4.90 Å². The van der Waals surface area contributed by atoms with Gasteiger partial charge in [0.2, 0.25) is 0 Å². The summed E-state index contributed by atoms with van der Waals surface area (Å²) in [4.78, 5) is 5.10. The van der Waals surface area contributed by atoms with Gasteiger partial charge in [-0.1, -0.05) is 47.5 Å². The van der Waals surface area contributed by atoms with E-state index in [-0.39, 0.29) is 0 Å². The average molecular weight is 294 g/mol. The second-order valence-corrected chi connectivity index (χ2v) is 6.60. The van der Waals surface area contributed by atoms with Crippen molar-refractivity contribution in [1.82, 2.24) is 4.90 Å². The van der Waals surface area contributed by atoms with Gasteiger partial charge in [-0.15, -0.1) is 0 Å². The molecule has 1 aliphatic heterocycles. The fraction of sp³-hybridized carbons (Fsp3) is 0.400. The van der Waals surface area contributed by atoms with Gasteiger partial charge < -0.3 is 4.90 Å². The Hall–Kier alpha value is -1.80. The summed E-state index contributed by atoms with van der Waals surface area (Å²) in [6.45, 7) is 11.1. The molecule has 2 aromatic rings. The van der Waals surface area contributed by atoms with E-state index in [1.54, 1.807) is 0 Å². The van der Waals surface area contributed by atoms with Crippen LogP contribution >= 0.6 is 0 Å². The van der Waals surface area contributed by atoms with Crippen molar-refractivity contribution in [2.45, 2.75) is 33.4 Å². The maximum atomic E-state index is 2.57. The lowest BCUT2D eigenvalue weighted by Gasteiger charge is -2.41. The lowest BCUT2D eigenvalue weighted by molar-refractivity contribution is 0.221. The van der Waals surface area contributed by atoms with E-state index in [4.69, 9.17) is 0 Å². The van der Waals surface area contributed by atoms with E-state index in [1.165, 1.54) is 22.4 Å². The zero-order valence-electron chi connectivity index (χ0n) is 13.9. The fourth-order valence-electron chi connectivity index (χ4n) is 3.25. The molecule has 0 bridgehead atoms. The third kappa shape index (κ3) is 3.50. The largest absolute Gasteiger partial charge is 0.366 e. The molecule has 116 valence electrons. The molecule has 0 spiro atoms. The molecule has 1 fully saturated rings. The molecule has 1 aliphatic rings. The summed E-state index contributed by atoms with van der Waals surface area (Å²) in [5.74, 6) is 0. The minimum atomic E-state index is 0.557. The smallest absolute Gasteiger partial charge is 0.0389 e. The Morgan fingerprint density at radius 1 is 0.864 bits per heavy atom. The lowest BCUT2D eigenvalue weighted by atomic mass is 10.1. The van der Waals surface area contributed by atoms with Crippen LogP contribution in [-0.2, 0) is 6.54 Å². The van der Waals surface area contributed by atoms with Crippen molar-refractivity contribution in [2.75, 3.05) is 24.5 Å². The minimum Gasteiger partial charge on any atom is -0.366 e. The van der Waals surface area contributed by atoms with Crippen LogP contribution in [0.4, 0.5) is 5.69 Å². The van der Waals surface area contributed by atoms with Crippen LogP contribution in [-0.4, -0.2) is 30.6 Å². The van der Waals surface area contributed by atoms with Crippen molar-refractivity contribution in [2.24, 2.45) is 0 Å². The Kier molecular flexibility index (Phi) is 4.49. The summed E-state index contributed by atoms with van der Waals surface area (Å²) in [6, 6.07) is 18.4. The highest BCUT2D eigenvalue weighted by Crippen LogP contribution is 2.22. The Labute approximate surface area is 134 Å². The molecule has 22 heavy (non-hydrogen) atoms. The lowest BCUT2D eigenvalue weighted by Crippen LogP contribution is -2.51. The minimum absolute atomic E-state index is 0.557. The third-order valence-electron chi connectivity index (χ3n) is 4.60. The monoisotopic (exact) mass is 294 g/mol. The number of nitrogens with zero attached hydrogens (tertiary/aromatic N) is 2. The molecule has 2 aromatic carbocycles. The second kappa shape index (κ2) is 6.53. The first-order chi connectivity index (χ1) is 10.6. The van der Waals surface area contributed by atoms with Crippen LogP contribution in [0.1, 0.15) is 23.6 Å². The molecule has 2 nitrogen and oxygen atoms in total. The first-order valence-corrected chi connectivity index (χ1v) is 8.23. The Morgan fingerprint density at radius 3 is 2.05 bits per heavy atom. The normalized spacial score (nSPS) is 19.4. The summed E-state index contributed by atoms with van der Waals surface area (Å²) >= 11 is 0. The molecule has 0 saturated carbocycles. The average Bonchev–Trinajstić information content (AvgIpc) is 2.51.